The largest absolute Gasteiger partial charge is 0.530 e. The molecule has 1 amide bonds. The maximum atomic E-state index is 13.8. The van der Waals surface area contributed by atoms with Crippen LogP contribution in [0.2, 0.25) is 61.4 Å². The van der Waals surface area contributed by atoms with Crippen molar-refractivity contribution in [3.63, 3.8) is 0 Å². The minimum atomic E-state index is -4.10. The van der Waals surface area contributed by atoms with Crippen LogP contribution in [0, 0.1) is 0 Å². The summed E-state index contributed by atoms with van der Waals surface area (Å²) < 4.78 is 36.6. The number of benzene rings is 1. The number of nitrogens with zero attached hydrogens (tertiary/aromatic N) is 2. The fourth-order valence-electron chi connectivity index (χ4n) is 3.02. The average Bonchev–Trinajstić information content (AvgIpc) is 2.84. The number of hydrogen-bond acceptors (Lipinski definition) is 9. The van der Waals surface area contributed by atoms with Gasteiger partial charge in [-0.15, -0.1) is 0 Å². The van der Waals surface area contributed by atoms with Crippen LogP contribution in [0.25, 0.3) is 0 Å². The predicted molar refractivity (Wildman–Crippen MR) is 178 cm³/mol. The summed E-state index contributed by atoms with van der Waals surface area (Å²) in [7, 11) is -7.09. The molecule has 0 unspecified atom stereocenters. The number of phosphoric ester groups is 1. The van der Waals surface area contributed by atoms with Crippen LogP contribution in [0.5, 0.6) is 5.75 Å². The highest BCUT2D eigenvalue weighted by atomic mass is 35.5. The van der Waals surface area contributed by atoms with Crippen LogP contribution in [0.15, 0.2) is 35.6 Å². The Labute approximate surface area is 264 Å². The molecular weight excluding hydrogens is 656 g/mol. The summed E-state index contributed by atoms with van der Waals surface area (Å²) in [4.78, 5) is 16.8. The maximum absolute atomic E-state index is 13.8. The van der Waals surface area contributed by atoms with E-state index in [-0.39, 0.29) is 46.3 Å². The molecule has 0 aliphatic rings. The van der Waals surface area contributed by atoms with Crippen molar-refractivity contribution in [2.24, 2.45) is 10.8 Å². The highest BCUT2D eigenvalue weighted by molar-refractivity contribution is 7.80. The molecule has 1 aromatic heterocycles. The van der Waals surface area contributed by atoms with Gasteiger partial charge in [0, 0.05) is 32.9 Å². The van der Waals surface area contributed by atoms with E-state index in [1.54, 1.807) is 12.1 Å². The van der Waals surface area contributed by atoms with E-state index >= 15 is 0 Å². The molecule has 1 aromatic carbocycles. The third kappa shape index (κ3) is 14.0. The summed E-state index contributed by atoms with van der Waals surface area (Å²) in [5, 5.41) is 6.73. The number of phosphoric acid groups is 1. The number of hydrogen-bond donors (Lipinski definition) is 3. The number of nitrogens with one attached hydrogen (secondary N) is 2. The Bertz CT molecular complexity index is 1300. The first-order chi connectivity index (χ1) is 19.5. The quantitative estimate of drug-likeness (QED) is 0.0563. The normalized spacial score (nSPS) is 12.3. The Balaban J connectivity index is 2.22. The molecule has 0 radical (unpaired) electrons. The second kappa shape index (κ2) is 16.2. The fourth-order valence-corrected chi connectivity index (χ4v) is 6.73. The number of nitrogens with two attached hydrogens (primary N) is 1. The van der Waals surface area contributed by atoms with Gasteiger partial charge in [-0.25, -0.2) is 9.36 Å². The summed E-state index contributed by atoms with van der Waals surface area (Å²) in [6, 6.07) is 7.65. The minimum Gasteiger partial charge on any atom is -0.444 e. The molecule has 0 aliphatic heterocycles. The van der Waals surface area contributed by atoms with E-state index in [4.69, 9.17) is 59.5 Å². The van der Waals surface area contributed by atoms with E-state index in [0.717, 1.165) is 12.1 Å². The first-order valence-electron chi connectivity index (χ1n) is 13.0. The summed E-state index contributed by atoms with van der Waals surface area (Å²) in [6.07, 6.45) is 2.04. The van der Waals surface area contributed by atoms with Gasteiger partial charge >= 0.3 is 13.9 Å². The number of carbonyl (C=O) groups excluding carboxylic acids is 1. The summed E-state index contributed by atoms with van der Waals surface area (Å²) in [6.45, 7) is 13.1. The number of anilines is 1. The van der Waals surface area contributed by atoms with Gasteiger partial charge in [0.15, 0.2) is 10.9 Å². The molecule has 1 heterocycles. The van der Waals surface area contributed by atoms with Gasteiger partial charge in [-0.3, -0.25) is 24.8 Å². The van der Waals surface area contributed by atoms with E-state index in [2.05, 4.69) is 60.1 Å². The van der Waals surface area contributed by atoms with Crippen molar-refractivity contribution in [1.82, 2.24) is 10.4 Å². The molecule has 0 saturated carbocycles. The number of aromatic nitrogens is 1. The first-order valence-corrected chi connectivity index (χ1v) is 23.0. The number of carbonyl (C=O) groups is 1. The number of ether oxygens (including phenoxy) is 1. The lowest BCUT2D eigenvalue weighted by Gasteiger charge is -2.24. The first kappa shape index (κ1) is 36.2. The molecule has 2 aromatic rings. The summed E-state index contributed by atoms with van der Waals surface area (Å²) >= 11 is 17.4. The molecule has 0 spiro atoms. The molecule has 42 heavy (non-hydrogen) atoms. The Kier molecular flexibility index (Phi) is 13.9. The van der Waals surface area contributed by atoms with Crippen LogP contribution in [0.4, 0.5) is 10.5 Å². The van der Waals surface area contributed by atoms with Crippen molar-refractivity contribution in [3.8, 4) is 5.75 Å². The minimum absolute atomic E-state index is 0.0174. The van der Waals surface area contributed by atoms with Crippen LogP contribution in [0.3, 0.4) is 0 Å². The highest BCUT2D eigenvalue weighted by Gasteiger charge is 2.33. The lowest BCUT2D eigenvalue weighted by Crippen LogP contribution is -2.24. The van der Waals surface area contributed by atoms with E-state index in [0.29, 0.717) is 11.4 Å². The van der Waals surface area contributed by atoms with Crippen molar-refractivity contribution >= 4 is 82.5 Å². The van der Waals surface area contributed by atoms with Gasteiger partial charge in [0.05, 0.1) is 30.1 Å². The Morgan fingerprint density at radius 1 is 1.12 bits per heavy atom. The van der Waals surface area contributed by atoms with Gasteiger partial charge in [0.25, 0.3) is 0 Å². The third-order valence-electron chi connectivity index (χ3n) is 5.29. The summed E-state index contributed by atoms with van der Waals surface area (Å²) in [5.41, 5.74) is 8.67. The zero-order valence-electron chi connectivity index (χ0n) is 24.5. The van der Waals surface area contributed by atoms with Crippen LogP contribution < -0.4 is 21.0 Å². The topological polar surface area (TPSA) is 146 Å². The van der Waals surface area contributed by atoms with Gasteiger partial charge in [0.1, 0.15) is 12.3 Å². The van der Waals surface area contributed by atoms with Crippen molar-refractivity contribution in [3.05, 3.63) is 51.8 Å². The fraction of sp³-hybridized carbons (Fsp3) is 0.440. The standard InChI is InChI=1S/C25H38Cl2N5O6PSSi2/c1-41(2,3)12-10-36-39(34,37-11-13-42(4,5)6)38-23-18(14-19(26)15-20(23)27)17-35-25(33)31-21-8-7-9-29-22(21)16-30-32-24(28)40/h7-9,14-16H,10-13,17H2,1-6H3,(H,31,33)(H3,28,32,40)/b30-16+. The van der Waals surface area contributed by atoms with Gasteiger partial charge in [0.2, 0.25) is 0 Å². The molecule has 0 fully saturated rings. The van der Waals surface area contributed by atoms with E-state index < -0.39 is 30.1 Å². The zero-order chi connectivity index (χ0) is 31.6. The Morgan fingerprint density at radius 3 is 2.31 bits per heavy atom. The number of thiocarbonyl (C=S) groups is 1. The molecule has 0 bridgehead atoms. The van der Waals surface area contributed by atoms with E-state index in [1.165, 1.54) is 24.5 Å². The average molecular weight is 695 g/mol. The van der Waals surface area contributed by atoms with Crippen LogP contribution in [0.1, 0.15) is 11.3 Å². The van der Waals surface area contributed by atoms with Crippen LogP contribution in [-0.2, 0) is 25.0 Å². The van der Waals surface area contributed by atoms with E-state index in [9.17, 15) is 9.36 Å². The molecule has 0 atom stereocenters. The smallest absolute Gasteiger partial charge is 0.444 e. The molecule has 2 rings (SSSR count). The number of hydrazone groups is 1. The molecular formula is C25H38Cl2N5O6PSSi2. The predicted octanol–water partition coefficient (Wildman–Crippen LogP) is 7.50. The second-order valence-electron chi connectivity index (χ2n) is 11.6. The lowest BCUT2D eigenvalue weighted by molar-refractivity contribution is 0.151. The van der Waals surface area contributed by atoms with Crippen LogP contribution in [-0.4, -0.2) is 51.8 Å². The van der Waals surface area contributed by atoms with E-state index in [1.807, 2.05) is 0 Å². The second-order valence-corrected chi connectivity index (χ2v) is 25.7. The number of amides is 1. The van der Waals surface area contributed by atoms with Gasteiger partial charge in [-0.05, 0) is 48.6 Å². The highest BCUT2D eigenvalue weighted by Crippen LogP contribution is 2.53. The maximum Gasteiger partial charge on any atom is 0.530 e. The number of pyridine rings is 1. The summed E-state index contributed by atoms with van der Waals surface area (Å²) in [5.74, 6) is -0.0174. The van der Waals surface area contributed by atoms with Crippen molar-refractivity contribution in [2.75, 3.05) is 18.5 Å². The Morgan fingerprint density at radius 2 is 1.74 bits per heavy atom. The number of rotatable bonds is 15. The van der Waals surface area contributed by atoms with Crippen LogP contribution >= 0.6 is 43.2 Å². The van der Waals surface area contributed by atoms with Gasteiger partial charge < -0.3 is 15.0 Å². The lowest BCUT2D eigenvalue weighted by atomic mass is 10.2. The molecule has 0 saturated heterocycles. The molecule has 0 aliphatic carbocycles. The molecule has 232 valence electrons. The van der Waals surface area contributed by atoms with Gasteiger partial charge in [-0.1, -0.05) is 62.5 Å². The SMILES string of the molecule is C[Si](C)(C)CCOP(=O)(OCC[Si](C)(C)C)Oc1c(Cl)cc(Cl)cc1COC(=O)Nc1cccnc1/C=N/NC(N)=S. The number of halogens is 2. The van der Waals surface area contributed by atoms with Crippen molar-refractivity contribution < 1.29 is 27.7 Å². The van der Waals surface area contributed by atoms with Crippen molar-refractivity contribution in [2.45, 2.75) is 58.0 Å². The van der Waals surface area contributed by atoms with Crippen molar-refractivity contribution in [1.29, 1.82) is 0 Å². The monoisotopic (exact) mass is 693 g/mol. The molecule has 17 heteroatoms. The molecule has 11 nitrogen and oxygen atoms in total. The zero-order valence-corrected chi connectivity index (χ0v) is 29.8. The Hall–Kier alpha value is -2.04. The van der Waals surface area contributed by atoms with Gasteiger partial charge in [-0.2, -0.15) is 5.10 Å². The molecule has 4 N–H and O–H groups in total. The third-order valence-corrected chi connectivity index (χ3v) is 10.7.